The van der Waals surface area contributed by atoms with Crippen molar-refractivity contribution < 1.29 is 9.90 Å². The lowest BCUT2D eigenvalue weighted by Crippen LogP contribution is -2.12. The topological polar surface area (TPSA) is 63.3 Å². The number of unbranched alkanes of at least 4 members (excludes halogenated alkanes) is 11. The average molecular weight is 344 g/mol. The molecule has 0 rings (SSSR count). The van der Waals surface area contributed by atoms with E-state index < -0.39 is 5.97 Å². The molecule has 0 bridgehead atoms. The maximum absolute atomic E-state index is 10.7. The molecule has 24 heavy (non-hydrogen) atoms. The maximum Gasteiger partial charge on any atom is 0.306 e. The van der Waals surface area contributed by atoms with Gasteiger partial charge in [-0.05, 0) is 25.8 Å². The third-order valence-electron chi connectivity index (χ3n) is 4.56. The Morgan fingerprint density at radius 2 is 1.17 bits per heavy atom. The Morgan fingerprint density at radius 1 is 0.750 bits per heavy atom. The van der Waals surface area contributed by atoms with Gasteiger partial charge in [0.1, 0.15) is 0 Å². The predicted octanol–water partition coefficient (Wildman–Crippen LogP) is 6.54. The van der Waals surface area contributed by atoms with E-state index in [4.69, 9.17) is 10.8 Å². The standard InChI is InChI=1S/C11H22O2.C10H23N/c1-3-5-6-7-8-9-10(4-2)11(12)13;1-2-3-4-5-6-7-8-9-10-11/h10H,3-9H2,1-2H3,(H,12,13);2-11H2,1H3. The van der Waals surface area contributed by atoms with E-state index in [2.05, 4.69) is 13.8 Å². The average Bonchev–Trinajstić information content (AvgIpc) is 2.57. The van der Waals surface area contributed by atoms with Crippen molar-refractivity contribution >= 4 is 5.97 Å². The summed E-state index contributed by atoms with van der Waals surface area (Å²) in [7, 11) is 0. The molecule has 3 N–H and O–H groups in total. The van der Waals surface area contributed by atoms with Crippen molar-refractivity contribution in [1.29, 1.82) is 0 Å². The van der Waals surface area contributed by atoms with Crippen LogP contribution < -0.4 is 5.73 Å². The van der Waals surface area contributed by atoms with Gasteiger partial charge in [0.2, 0.25) is 0 Å². The van der Waals surface area contributed by atoms with Crippen LogP contribution in [-0.4, -0.2) is 17.6 Å². The summed E-state index contributed by atoms with van der Waals surface area (Å²) >= 11 is 0. The zero-order valence-corrected chi connectivity index (χ0v) is 16.8. The molecule has 0 spiro atoms. The van der Waals surface area contributed by atoms with Crippen LogP contribution >= 0.6 is 0 Å². The molecule has 146 valence electrons. The highest BCUT2D eigenvalue weighted by Crippen LogP contribution is 2.14. The van der Waals surface area contributed by atoms with Crippen LogP contribution in [0.3, 0.4) is 0 Å². The summed E-state index contributed by atoms with van der Waals surface area (Å²) in [5.74, 6) is -0.736. The first-order valence-corrected chi connectivity index (χ1v) is 10.6. The second kappa shape index (κ2) is 22.4. The molecule has 3 heteroatoms. The summed E-state index contributed by atoms with van der Waals surface area (Å²) in [6.45, 7) is 7.26. The monoisotopic (exact) mass is 343 g/mol. The number of hydrogen-bond donors (Lipinski definition) is 2. The zero-order valence-electron chi connectivity index (χ0n) is 16.8. The van der Waals surface area contributed by atoms with Crippen LogP contribution in [0.25, 0.3) is 0 Å². The van der Waals surface area contributed by atoms with Gasteiger partial charge in [0.15, 0.2) is 0 Å². The minimum atomic E-state index is -0.627. The molecule has 0 heterocycles. The number of hydrogen-bond acceptors (Lipinski definition) is 2. The van der Waals surface area contributed by atoms with Gasteiger partial charge in [0.05, 0.1) is 5.92 Å². The highest BCUT2D eigenvalue weighted by molar-refractivity contribution is 5.69. The van der Waals surface area contributed by atoms with Crippen molar-refractivity contribution in [3.8, 4) is 0 Å². The molecule has 0 aliphatic heterocycles. The Morgan fingerprint density at radius 3 is 1.54 bits per heavy atom. The molecule has 0 saturated carbocycles. The van der Waals surface area contributed by atoms with E-state index in [1.165, 1.54) is 77.0 Å². The van der Waals surface area contributed by atoms with Crippen molar-refractivity contribution in [1.82, 2.24) is 0 Å². The van der Waals surface area contributed by atoms with Crippen LogP contribution in [0, 0.1) is 5.92 Å². The summed E-state index contributed by atoms with van der Waals surface area (Å²) in [4.78, 5) is 10.7. The van der Waals surface area contributed by atoms with Crippen LogP contribution in [0.2, 0.25) is 0 Å². The molecule has 1 unspecified atom stereocenters. The third-order valence-corrected chi connectivity index (χ3v) is 4.56. The zero-order chi connectivity index (χ0) is 18.5. The molecule has 0 saturated heterocycles. The molecule has 0 radical (unpaired) electrons. The first-order valence-electron chi connectivity index (χ1n) is 10.6. The Bertz CT molecular complexity index is 236. The van der Waals surface area contributed by atoms with Crippen LogP contribution in [-0.2, 0) is 4.79 Å². The van der Waals surface area contributed by atoms with E-state index >= 15 is 0 Å². The Hall–Kier alpha value is -0.570. The van der Waals surface area contributed by atoms with Crippen LogP contribution in [0.5, 0.6) is 0 Å². The SMILES string of the molecule is CCCCCCCC(CC)C(=O)O.CCCCCCCCCCN. The van der Waals surface area contributed by atoms with Crippen LogP contribution in [0.4, 0.5) is 0 Å². The molecule has 3 nitrogen and oxygen atoms in total. The molecular weight excluding hydrogens is 298 g/mol. The molecule has 0 aromatic rings. The van der Waals surface area contributed by atoms with E-state index in [9.17, 15) is 4.79 Å². The molecule has 0 fully saturated rings. The van der Waals surface area contributed by atoms with Gasteiger partial charge in [0, 0.05) is 0 Å². The molecule has 0 aromatic heterocycles. The van der Waals surface area contributed by atoms with Crippen molar-refractivity contribution in [2.45, 2.75) is 117 Å². The fraction of sp³-hybridized carbons (Fsp3) is 0.952. The first-order chi connectivity index (χ1) is 11.6. The summed E-state index contributed by atoms with van der Waals surface area (Å²) < 4.78 is 0. The fourth-order valence-corrected chi connectivity index (χ4v) is 2.77. The van der Waals surface area contributed by atoms with Gasteiger partial charge in [-0.15, -0.1) is 0 Å². The summed E-state index contributed by atoms with van der Waals surface area (Å²) in [5, 5.41) is 8.78. The minimum absolute atomic E-state index is 0.110. The lowest BCUT2D eigenvalue weighted by Gasteiger charge is -2.08. The number of carbonyl (C=O) groups is 1. The lowest BCUT2D eigenvalue weighted by molar-refractivity contribution is -0.142. The number of nitrogens with two attached hydrogens (primary N) is 1. The van der Waals surface area contributed by atoms with Gasteiger partial charge < -0.3 is 10.8 Å². The second-order valence-electron chi connectivity index (χ2n) is 6.91. The molecular formula is C21H45NO2. The Balaban J connectivity index is 0. The van der Waals surface area contributed by atoms with Gasteiger partial charge in [0.25, 0.3) is 0 Å². The van der Waals surface area contributed by atoms with Gasteiger partial charge in [-0.25, -0.2) is 0 Å². The molecule has 0 aliphatic rings. The number of aliphatic carboxylic acids is 1. The molecule has 0 aliphatic carbocycles. The van der Waals surface area contributed by atoms with E-state index in [-0.39, 0.29) is 5.92 Å². The van der Waals surface area contributed by atoms with E-state index in [1.54, 1.807) is 0 Å². The van der Waals surface area contributed by atoms with Crippen molar-refractivity contribution in [2.75, 3.05) is 6.54 Å². The van der Waals surface area contributed by atoms with Gasteiger partial charge in [-0.3, -0.25) is 4.79 Å². The Kier molecular flexibility index (Phi) is 24.0. The van der Waals surface area contributed by atoms with Crippen LogP contribution in [0.15, 0.2) is 0 Å². The fourth-order valence-electron chi connectivity index (χ4n) is 2.77. The smallest absolute Gasteiger partial charge is 0.306 e. The highest BCUT2D eigenvalue weighted by atomic mass is 16.4. The van der Waals surface area contributed by atoms with Gasteiger partial charge in [-0.1, -0.05) is 97.8 Å². The number of carboxylic acids is 1. The van der Waals surface area contributed by atoms with E-state index in [1.807, 2.05) is 6.92 Å². The summed E-state index contributed by atoms with van der Waals surface area (Å²) in [6, 6.07) is 0. The summed E-state index contributed by atoms with van der Waals surface area (Å²) in [5.41, 5.74) is 5.39. The summed E-state index contributed by atoms with van der Waals surface area (Å²) in [6.07, 6.45) is 18.7. The molecule has 0 amide bonds. The van der Waals surface area contributed by atoms with E-state index in [0.717, 1.165) is 25.8 Å². The largest absolute Gasteiger partial charge is 0.481 e. The lowest BCUT2D eigenvalue weighted by atomic mass is 9.98. The minimum Gasteiger partial charge on any atom is -0.481 e. The van der Waals surface area contributed by atoms with E-state index in [0.29, 0.717) is 0 Å². The first kappa shape index (κ1) is 25.7. The second-order valence-corrected chi connectivity index (χ2v) is 6.91. The number of carboxylic acid groups (broad SMARTS) is 1. The van der Waals surface area contributed by atoms with Crippen LogP contribution in [0.1, 0.15) is 117 Å². The van der Waals surface area contributed by atoms with Crippen molar-refractivity contribution in [3.63, 3.8) is 0 Å². The van der Waals surface area contributed by atoms with Gasteiger partial charge >= 0.3 is 5.97 Å². The van der Waals surface area contributed by atoms with Gasteiger partial charge in [-0.2, -0.15) is 0 Å². The Labute approximate surface area is 151 Å². The predicted molar refractivity (Wildman–Crippen MR) is 106 cm³/mol. The number of rotatable bonds is 16. The normalized spacial score (nSPS) is 11.7. The van der Waals surface area contributed by atoms with Crippen molar-refractivity contribution in [2.24, 2.45) is 11.7 Å². The third kappa shape index (κ3) is 21.4. The molecule has 1 atom stereocenters. The van der Waals surface area contributed by atoms with Crippen molar-refractivity contribution in [3.05, 3.63) is 0 Å². The maximum atomic E-state index is 10.7. The quantitative estimate of drug-likeness (QED) is 0.313. The highest BCUT2D eigenvalue weighted by Gasteiger charge is 2.13. The molecule has 0 aromatic carbocycles.